The van der Waals surface area contributed by atoms with E-state index in [2.05, 4.69) is 10.6 Å². The van der Waals surface area contributed by atoms with Crippen LogP contribution in [0.4, 0.5) is 5.69 Å². The van der Waals surface area contributed by atoms with Gasteiger partial charge in [0.2, 0.25) is 10.0 Å². The van der Waals surface area contributed by atoms with E-state index in [1.165, 1.54) is 34.6 Å². The van der Waals surface area contributed by atoms with E-state index in [-0.39, 0.29) is 27.9 Å². The zero-order valence-electron chi connectivity index (χ0n) is 17.8. The second kappa shape index (κ2) is 9.21. The molecule has 7 nitrogen and oxygen atoms in total. The molecular formula is C23H26ClN3O4S. The predicted octanol–water partition coefficient (Wildman–Crippen LogP) is 4.05. The molecule has 1 heterocycles. The second-order valence-corrected chi connectivity index (χ2v) is 10.7. The van der Waals surface area contributed by atoms with E-state index >= 15 is 0 Å². The number of hydrogen-bond donors (Lipinski definition) is 2. The zero-order chi connectivity index (χ0) is 22.9. The molecule has 0 bridgehead atoms. The molecular weight excluding hydrogens is 450 g/mol. The number of nitrogens with one attached hydrogen (secondary N) is 2. The fraction of sp³-hybridized carbons (Fsp3) is 0.391. The summed E-state index contributed by atoms with van der Waals surface area (Å²) in [5, 5.41) is 5.86. The van der Waals surface area contributed by atoms with Crippen molar-refractivity contribution in [2.75, 3.05) is 11.9 Å². The first kappa shape index (κ1) is 22.8. The van der Waals surface area contributed by atoms with Gasteiger partial charge in [0.1, 0.15) is 0 Å². The summed E-state index contributed by atoms with van der Waals surface area (Å²) in [7, 11) is -3.59. The van der Waals surface area contributed by atoms with Gasteiger partial charge < -0.3 is 10.6 Å². The van der Waals surface area contributed by atoms with Gasteiger partial charge >= 0.3 is 0 Å². The number of sulfonamides is 1. The summed E-state index contributed by atoms with van der Waals surface area (Å²) in [4.78, 5) is 25.0. The molecule has 0 aromatic heterocycles. The zero-order valence-corrected chi connectivity index (χ0v) is 19.4. The van der Waals surface area contributed by atoms with E-state index in [9.17, 15) is 18.0 Å². The molecule has 2 aromatic carbocycles. The number of anilines is 1. The van der Waals surface area contributed by atoms with Gasteiger partial charge in [0.15, 0.2) is 0 Å². The van der Waals surface area contributed by atoms with Crippen molar-refractivity contribution in [2.24, 2.45) is 0 Å². The molecule has 2 aromatic rings. The Balaban J connectivity index is 1.43. The van der Waals surface area contributed by atoms with Crippen LogP contribution < -0.4 is 10.6 Å². The van der Waals surface area contributed by atoms with Gasteiger partial charge in [-0.2, -0.15) is 4.31 Å². The Morgan fingerprint density at radius 1 is 1.00 bits per heavy atom. The van der Waals surface area contributed by atoms with Gasteiger partial charge in [-0.15, -0.1) is 0 Å². The summed E-state index contributed by atoms with van der Waals surface area (Å²) < 4.78 is 27.4. The Morgan fingerprint density at radius 2 is 1.72 bits per heavy atom. The first-order chi connectivity index (χ1) is 15.3. The average molecular weight is 476 g/mol. The lowest BCUT2D eigenvalue weighted by molar-refractivity contribution is 0.0950. The molecule has 2 amide bonds. The molecule has 0 spiro atoms. The van der Waals surface area contributed by atoms with Crippen LogP contribution in [0.15, 0.2) is 47.4 Å². The molecule has 9 heteroatoms. The maximum absolute atomic E-state index is 12.9. The number of carbonyl (C=O) groups excluding carboxylic acids is 2. The molecule has 1 atom stereocenters. The molecule has 2 aliphatic rings. The lowest BCUT2D eigenvalue weighted by Gasteiger charge is -2.32. The quantitative estimate of drug-likeness (QED) is 0.658. The molecule has 1 unspecified atom stereocenters. The van der Waals surface area contributed by atoms with Gasteiger partial charge in [-0.3, -0.25) is 9.59 Å². The summed E-state index contributed by atoms with van der Waals surface area (Å²) in [6, 6.07) is 10.8. The maximum atomic E-state index is 12.9. The van der Waals surface area contributed by atoms with Gasteiger partial charge in [0.05, 0.1) is 15.5 Å². The van der Waals surface area contributed by atoms with E-state index in [0.29, 0.717) is 23.4 Å². The number of halogens is 1. The van der Waals surface area contributed by atoms with Gasteiger partial charge in [0, 0.05) is 29.9 Å². The van der Waals surface area contributed by atoms with E-state index in [1.807, 2.05) is 6.92 Å². The minimum atomic E-state index is -3.59. The highest BCUT2D eigenvalue weighted by atomic mass is 35.5. The second-order valence-electron chi connectivity index (χ2n) is 8.38. The van der Waals surface area contributed by atoms with Crippen molar-refractivity contribution in [3.8, 4) is 0 Å². The summed E-state index contributed by atoms with van der Waals surface area (Å²) in [6.07, 6.45) is 4.70. The fourth-order valence-corrected chi connectivity index (χ4v) is 5.78. The van der Waals surface area contributed by atoms with Gasteiger partial charge in [-0.05, 0) is 75.1 Å². The topological polar surface area (TPSA) is 95.6 Å². The van der Waals surface area contributed by atoms with E-state index in [1.54, 1.807) is 12.1 Å². The Labute approximate surface area is 193 Å². The maximum Gasteiger partial charge on any atom is 0.255 e. The Bertz CT molecular complexity index is 1130. The normalized spacial score (nSPS) is 19.4. The molecule has 1 saturated heterocycles. The molecule has 1 aliphatic carbocycles. The smallest absolute Gasteiger partial charge is 0.255 e. The lowest BCUT2D eigenvalue weighted by Crippen LogP contribution is -2.41. The van der Waals surface area contributed by atoms with Gasteiger partial charge in [-0.1, -0.05) is 18.0 Å². The third-order valence-electron chi connectivity index (χ3n) is 5.85. The van der Waals surface area contributed by atoms with Crippen molar-refractivity contribution in [3.63, 3.8) is 0 Å². The van der Waals surface area contributed by atoms with E-state index in [0.717, 1.165) is 32.1 Å². The number of rotatable bonds is 6. The standard InChI is InChI=1S/C23H26ClN3O4S/c1-15-4-2-3-13-27(15)32(30,31)19-10-5-16(6-11-19)22(28)26-18-9-12-20(21(24)14-18)23(29)25-17-7-8-17/h5-6,9-12,14-15,17H,2-4,7-8,13H2,1H3,(H,25,29)(H,26,28). The van der Waals surface area contributed by atoms with Crippen molar-refractivity contribution in [1.82, 2.24) is 9.62 Å². The summed E-state index contributed by atoms with van der Waals surface area (Å²) in [6.45, 7) is 2.44. The van der Waals surface area contributed by atoms with Crippen LogP contribution in [0.5, 0.6) is 0 Å². The predicted molar refractivity (Wildman–Crippen MR) is 124 cm³/mol. The number of nitrogens with zero attached hydrogens (tertiary/aromatic N) is 1. The van der Waals surface area contributed by atoms with Crippen LogP contribution in [-0.4, -0.2) is 43.2 Å². The summed E-state index contributed by atoms with van der Waals surface area (Å²) >= 11 is 6.23. The van der Waals surface area contributed by atoms with Crippen LogP contribution in [0.25, 0.3) is 0 Å². The minimum Gasteiger partial charge on any atom is -0.349 e. The fourth-order valence-electron chi connectivity index (χ4n) is 3.81. The third kappa shape index (κ3) is 4.98. The summed E-state index contributed by atoms with van der Waals surface area (Å²) in [5.41, 5.74) is 1.13. The SMILES string of the molecule is CC1CCCCN1S(=O)(=O)c1ccc(C(=O)Nc2ccc(C(=O)NC3CC3)c(Cl)c2)cc1. The highest BCUT2D eigenvalue weighted by molar-refractivity contribution is 7.89. The highest BCUT2D eigenvalue weighted by Crippen LogP contribution is 2.26. The molecule has 1 aliphatic heterocycles. The van der Waals surface area contributed by atoms with Crippen molar-refractivity contribution < 1.29 is 18.0 Å². The molecule has 4 rings (SSSR count). The molecule has 2 N–H and O–H groups in total. The average Bonchev–Trinajstić information content (AvgIpc) is 3.58. The first-order valence-electron chi connectivity index (χ1n) is 10.8. The first-order valence-corrected chi connectivity index (χ1v) is 12.6. The van der Waals surface area contributed by atoms with Crippen molar-refractivity contribution in [3.05, 3.63) is 58.6 Å². The largest absolute Gasteiger partial charge is 0.349 e. The van der Waals surface area contributed by atoms with Crippen LogP contribution in [0, 0.1) is 0 Å². The van der Waals surface area contributed by atoms with Gasteiger partial charge in [-0.25, -0.2) is 8.42 Å². The number of hydrogen-bond acceptors (Lipinski definition) is 4. The Morgan fingerprint density at radius 3 is 2.34 bits per heavy atom. The molecule has 0 radical (unpaired) electrons. The van der Waals surface area contributed by atoms with Crippen LogP contribution in [-0.2, 0) is 10.0 Å². The molecule has 170 valence electrons. The highest BCUT2D eigenvalue weighted by Gasteiger charge is 2.31. The van der Waals surface area contributed by atoms with Gasteiger partial charge in [0.25, 0.3) is 11.8 Å². The molecule has 1 saturated carbocycles. The van der Waals surface area contributed by atoms with Crippen LogP contribution in [0.1, 0.15) is 59.7 Å². The number of piperidine rings is 1. The number of carbonyl (C=O) groups is 2. The van der Waals surface area contributed by atoms with E-state index in [4.69, 9.17) is 11.6 Å². The number of benzene rings is 2. The Kier molecular flexibility index (Phi) is 6.55. The van der Waals surface area contributed by atoms with Crippen molar-refractivity contribution >= 4 is 39.1 Å². The summed E-state index contributed by atoms with van der Waals surface area (Å²) in [5.74, 6) is -0.623. The molecule has 2 fully saturated rings. The Hall–Kier alpha value is -2.42. The van der Waals surface area contributed by atoms with Crippen LogP contribution >= 0.6 is 11.6 Å². The monoisotopic (exact) mass is 475 g/mol. The molecule has 32 heavy (non-hydrogen) atoms. The number of amides is 2. The van der Waals surface area contributed by atoms with Crippen molar-refractivity contribution in [1.29, 1.82) is 0 Å². The lowest BCUT2D eigenvalue weighted by atomic mass is 10.1. The third-order valence-corrected chi connectivity index (χ3v) is 8.19. The van der Waals surface area contributed by atoms with E-state index < -0.39 is 15.9 Å². The van der Waals surface area contributed by atoms with Crippen molar-refractivity contribution in [2.45, 2.75) is 56.0 Å². The minimum absolute atomic E-state index is 0.0317. The van der Waals surface area contributed by atoms with Crippen LogP contribution in [0.2, 0.25) is 5.02 Å². The van der Waals surface area contributed by atoms with Crippen LogP contribution in [0.3, 0.4) is 0 Å².